The fourth-order valence-electron chi connectivity index (χ4n) is 3.69. The lowest BCUT2D eigenvalue weighted by atomic mass is 10.0. The van der Waals surface area contributed by atoms with Gasteiger partial charge in [-0.15, -0.1) is 9.78 Å². The van der Waals surface area contributed by atoms with Crippen LogP contribution in [-0.2, 0) is 29.0 Å². The van der Waals surface area contributed by atoms with Gasteiger partial charge in [-0.25, -0.2) is 14.4 Å². The van der Waals surface area contributed by atoms with Crippen molar-refractivity contribution in [3.63, 3.8) is 0 Å². The van der Waals surface area contributed by atoms with Crippen molar-refractivity contribution in [2.75, 3.05) is 0 Å². The minimum atomic E-state index is -1.72. The number of carbonyl (C=O) groups excluding carboxylic acids is 3. The minimum absolute atomic E-state index is 0.235. The highest BCUT2D eigenvalue weighted by atomic mass is 17.3. The van der Waals surface area contributed by atoms with Gasteiger partial charge >= 0.3 is 18.1 Å². The Morgan fingerprint density at radius 2 is 0.762 bits per heavy atom. The van der Waals surface area contributed by atoms with E-state index >= 15 is 0 Å². The second-order valence-electron chi connectivity index (χ2n) is 10.0. The van der Waals surface area contributed by atoms with Crippen molar-refractivity contribution >= 4 is 18.1 Å². The van der Waals surface area contributed by atoms with Crippen LogP contribution in [0.2, 0.25) is 0 Å². The van der Waals surface area contributed by atoms with E-state index in [0.29, 0.717) is 0 Å². The van der Waals surface area contributed by atoms with Gasteiger partial charge in [-0.1, -0.05) is 84.9 Å². The normalized spacial score (nSPS) is 11.3. The molecule has 9 nitrogen and oxygen atoms in total. The molecule has 0 amide bonds. The predicted octanol–water partition coefficient (Wildman–Crippen LogP) is 7.52. The Morgan fingerprint density at radius 3 is 1.10 bits per heavy atom. The van der Waals surface area contributed by atoms with Gasteiger partial charge in [-0.05, 0) is 46.5 Å². The summed E-state index contributed by atoms with van der Waals surface area (Å²) in [5, 5.41) is 0. The fraction of sp³-hybridized carbons (Fsp3) is 0.182. The Morgan fingerprint density at radius 1 is 0.452 bits per heavy atom. The second-order valence-corrected chi connectivity index (χ2v) is 10.0. The van der Waals surface area contributed by atoms with Gasteiger partial charge in [0.1, 0.15) is 0 Å². The molecule has 0 aliphatic rings. The van der Waals surface area contributed by atoms with Gasteiger partial charge < -0.3 is 9.47 Å². The molecule has 9 heteroatoms. The zero-order chi connectivity index (χ0) is 30.2. The topological polar surface area (TPSA) is 107 Å². The molecule has 0 unspecified atom stereocenters. The average molecular weight is 571 g/mol. The van der Waals surface area contributed by atoms with Crippen molar-refractivity contribution in [3.8, 4) is 22.3 Å². The third-order valence-corrected chi connectivity index (χ3v) is 5.75. The van der Waals surface area contributed by atoms with Gasteiger partial charge in [0, 0.05) is 27.7 Å². The van der Waals surface area contributed by atoms with Gasteiger partial charge in [0.25, 0.3) is 11.6 Å². The van der Waals surface area contributed by atoms with Crippen LogP contribution >= 0.6 is 0 Å². The summed E-state index contributed by atoms with van der Waals surface area (Å²) in [7, 11) is 0. The van der Waals surface area contributed by atoms with E-state index in [1.54, 1.807) is 48.5 Å². The highest BCUT2D eigenvalue weighted by molar-refractivity contribution is 5.90. The summed E-state index contributed by atoms with van der Waals surface area (Å²) < 4.78 is 10.2. The average Bonchev–Trinajstić information content (AvgIpc) is 2.99. The Balaban J connectivity index is 1.22. The Hall–Kier alpha value is -4.99. The molecule has 0 aromatic heterocycles. The van der Waals surface area contributed by atoms with Gasteiger partial charge in [0.2, 0.25) is 0 Å². The summed E-state index contributed by atoms with van der Waals surface area (Å²) in [6.07, 6.45) is -1.23. The number of benzene rings is 4. The molecule has 0 radical (unpaired) electrons. The van der Waals surface area contributed by atoms with Crippen LogP contribution < -0.4 is 0 Å². The fourth-order valence-corrected chi connectivity index (χ4v) is 3.69. The van der Waals surface area contributed by atoms with Crippen molar-refractivity contribution in [2.24, 2.45) is 0 Å². The van der Waals surface area contributed by atoms with E-state index in [0.717, 1.165) is 22.3 Å². The number of rotatable bonds is 10. The van der Waals surface area contributed by atoms with E-state index in [9.17, 15) is 14.4 Å². The van der Waals surface area contributed by atoms with Gasteiger partial charge in [-0.2, -0.15) is 0 Å². The van der Waals surface area contributed by atoms with E-state index in [1.165, 1.54) is 27.7 Å². The summed E-state index contributed by atoms with van der Waals surface area (Å²) in [6.45, 7) is 5.36. The molecule has 0 atom stereocenters. The Bertz CT molecular complexity index is 1380. The first-order chi connectivity index (χ1) is 20.0. The van der Waals surface area contributed by atoms with Crippen LogP contribution in [0.1, 0.15) is 48.4 Å². The first kappa shape index (κ1) is 30.0. The molecule has 0 spiro atoms. The van der Waals surface area contributed by atoms with E-state index in [4.69, 9.17) is 29.0 Å². The SMILES string of the molecule is CC(C)(OOC(=O)c1ccc(-c2ccccc2)cc1)OC(=O)OC(C)(C)OOC(=O)c1ccc(-c2ccccc2)cc1. The molecule has 4 aromatic rings. The number of ether oxygens (including phenoxy) is 2. The standard InChI is InChI=1S/C33H30O9/c1-32(2,41-39-29(34)27-19-15-25(16-20-27)23-11-7-5-8-12-23)37-31(36)38-33(3,4)42-40-30(35)28-21-17-26(18-22-28)24-13-9-6-10-14-24/h5-22H,1-4H3. The summed E-state index contributed by atoms with van der Waals surface area (Å²) in [5.41, 5.74) is 4.33. The molecule has 0 aliphatic heterocycles. The molecule has 4 rings (SSSR count). The van der Waals surface area contributed by atoms with Gasteiger partial charge in [0.15, 0.2) is 0 Å². The number of carbonyl (C=O) groups is 3. The lowest BCUT2D eigenvalue weighted by molar-refractivity contribution is -0.391. The molecule has 0 heterocycles. The molecular formula is C33H30O9. The summed E-state index contributed by atoms with van der Waals surface area (Å²) in [6, 6.07) is 32.8. The highest BCUT2D eigenvalue weighted by Gasteiger charge is 2.34. The quantitative estimate of drug-likeness (QED) is 0.0828. The largest absolute Gasteiger partial charge is 0.513 e. The van der Waals surface area contributed by atoms with E-state index in [-0.39, 0.29) is 11.1 Å². The van der Waals surface area contributed by atoms with Crippen LogP contribution in [0, 0.1) is 0 Å². The molecule has 42 heavy (non-hydrogen) atoms. The minimum Gasteiger partial charge on any atom is -0.398 e. The molecule has 0 saturated carbocycles. The predicted molar refractivity (Wildman–Crippen MR) is 152 cm³/mol. The first-order valence-corrected chi connectivity index (χ1v) is 13.0. The van der Waals surface area contributed by atoms with Crippen molar-refractivity contribution in [2.45, 2.75) is 39.3 Å². The number of hydrogen-bond donors (Lipinski definition) is 0. The lowest BCUT2D eigenvalue weighted by Crippen LogP contribution is -2.38. The maximum absolute atomic E-state index is 12.4. The monoisotopic (exact) mass is 570 g/mol. The lowest BCUT2D eigenvalue weighted by Gasteiger charge is -2.26. The van der Waals surface area contributed by atoms with E-state index in [1.807, 2.05) is 60.7 Å². The van der Waals surface area contributed by atoms with Crippen molar-refractivity contribution in [3.05, 3.63) is 120 Å². The van der Waals surface area contributed by atoms with Crippen LogP contribution in [0.5, 0.6) is 0 Å². The molecule has 0 fully saturated rings. The molecule has 0 aliphatic carbocycles. The summed E-state index contributed by atoms with van der Waals surface area (Å²) in [5.74, 6) is -5.01. The maximum atomic E-state index is 12.4. The summed E-state index contributed by atoms with van der Waals surface area (Å²) in [4.78, 5) is 57.0. The maximum Gasteiger partial charge on any atom is 0.513 e. The Labute approximate surface area is 243 Å². The number of hydrogen-bond acceptors (Lipinski definition) is 9. The van der Waals surface area contributed by atoms with Crippen LogP contribution in [-0.4, -0.2) is 29.7 Å². The first-order valence-electron chi connectivity index (χ1n) is 13.0. The molecule has 216 valence electrons. The molecule has 0 saturated heterocycles. The molecule has 0 bridgehead atoms. The highest BCUT2D eigenvalue weighted by Crippen LogP contribution is 2.23. The molecule has 4 aromatic carbocycles. The molecular weight excluding hydrogens is 540 g/mol. The van der Waals surface area contributed by atoms with E-state index in [2.05, 4.69) is 0 Å². The van der Waals surface area contributed by atoms with Crippen LogP contribution in [0.25, 0.3) is 22.3 Å². The zero-order valence-corrected chi connectivity index (χ0v) is 23.6. The van der Waals surface area contributed by atoms with Gasteiger partial charge in [0.05, 0.1) is 11.1 Å². The van der Waals surface area contributed by atoms with Crippen molar-refractivity contribution in [1.82, 2.24) is 0 Å². The summed E-state index contributed by atoms with van der Waals surface area (Å²) >= 11 is 0. The van der Waals surface area contributed by atoms with Crippen LogP contribution in [0.4, 0.5) is 4.79 Å². The van der Waals surface area contributed by atoms with Crippen LogP contribution in [0.15, 0.2) is 109 Å². The second kappa shape index (κ2) is 13.1. The third kappa shape index (κ3) is 8.50. The Kier molecular flexibility index (Phi) is 9.36. The van der Waals surface area contributed by atoms with Gasteiger partial charge in [-0.3, -0.25) is 9.78 Å². The van der Waals surface area contributed by atoms with E-state index < -0.39 is 29.7 Å². The van der Waals surface area contributed by atoms with Crippen molar-refractivity contribution in [1.29, 1.82) is 0 Å². The third-order valence-electron chi connectivity index (χ3n) is 5.75. The van der Waals surface area contributed by atoms with Crippen molar-refractivity contribution < 1.29 is 43.4 Å². The smallest absolute Gasteiger partial charge is 0.398 e. The zero-order valence-electron chi connectivity index (χ0n) is 23.6. The molecule has 0 N–H and O–H groups in total. The van der Waals surface area contributed by atoms with Crippen LogP contribution in [0.3, 0.4) is 0 Å².